The molecule has 18 heteroatoms. The second-order valence-corrected chi connectivity index (χ2v) is 18.7. The van der Waals surface area contributed by atoms with Crippen LogP contribution in [0.25, 0.3) is 0 Å². The van der Waals surface area contributed by atoms with Gasteiger partial charge < -0.3 is 49.1 Å². The van der Waals surface area contributed by atoms with Crippen LogP contribution in [0.15, 0.2) is 102 Å². The Kier molecular flexibility index (Phi) is 14.0. The summed E-state index contributed by atoms with van der Waals surface area (Å²) in [5.41, 5.74) is -7.77. The number of carboxylic acids is 1. The minimum absolute atomic E-state index is 0.0221. The van der Waals surface area contributed by atoms with Gasteiger partial charge in [0.05, 0.1) is 42.4 Å². The molecule has 69 heavy (non-hydrogen) atoms. The molecule has 1 saturated heterocycles. The molecule has 366 valence electrons. The van der Waals surface area contributed by atoms with E-state index in [9.17, 15) is 44.1 Å². The Morgan fingerprint density at radius 2 is 1.41 bits per heavy atom. The molecule has 2 unspecified atom stereocenters. The van der Waals surface area contributed by atoms with Crippen molar-refractivity contribution in [2.75, 3.05) is 6.61 Å². The monoisotopic (exact) mass is 953 g/mol. The summed E-state index contributed by atoms with van der Waals surface area (Å²) in [6, 6.07) is 22.1. The summed E-state index contributed by atoms with van der Waals surface area (Å²) < 4.78 is 36.3. The molecular formula is C51H55NO17. The highest BCUT2D eigenvalue weighted by Crippen LogP contribution is 2.64. The molecule has 7 rings (SSSR count). The Bertz CT molecular complexity index is 2550. The lowest BCUT2D eigenvalue weighted by molar-refractivity contribution is -0.346. The number of esters is 5. The van der Waals surface area contributed by atoms with Gasteiger partial charge in [-0.25, -0.2) is 9.59 Å². The number of amides is 1. The van der Waals surface area contributed by atoms with Gasteiger partial charge in [-0.1, -0.05) is 80.6 Å². The molecule has 2 saturated carbocycles. The van der Waals surface area contributed by atoms with Crippen LogP contribution in [0.1, 0.15) is 99.5 Å². The molecule has 4 N–H and O–H groups in total. The number of carbonyl (C=O) groups excluding carboxylic acids is 7. The van der Waals surface area contributed by atoms with Gasteiger partial charge >= 0.3 is 35.8 Å². The zero-order valence-electron chi connectivity index (χ0n) is 38.9. The first-order chi connectivity index (χ1) is 32.6. The highest BCUT2D eigenvalue weighted by molar-refractivity contribution is 5.96. The van der Waals surface area contributed by atoms with Crippen molar-refractivity contribution in [1.82, 2.24) is 5.32 Å². The van der Waals surface area contributed by atoms with Crippen LogP contribution in [0, 0.1) is 16.7 Å². The van der Waals surface area contributed by atoms with E-state index in [2.05, 4.69) is 5.32 Å². The number of carbonyl (C=O) groups is 8. The number of Topliss-reactive ketones (excluding diaryl/α,β-unsaturated/α-hetero) is 1. The first kappa shape index (κ1) is 50.1. The average molecular weight is 954 g/mol. The summed E-state index contributed by atoms with van der Waals surface area (Å²) >= 11 is 0. The Hall–Kier alpha value is -6.76. The van der Waals surface area contributed by atoms with Crippen LogP contribution in [0.3, 0.4) is 0 Å². The zero-order chi connectivity index (χ0) is 50.2. The number of ketones is 1. The Morgan fingerprint density at radius 3 is 1.96 bits per heavy atom. The summed E-state index contributed by atoms with van der Waals surface area (Å²) in [5.74, 6) is -9.78. The van der Waals surface area contributed by atoms with E-state index in [1.807, 2.05) is 0 Å². The third-order valence-corrected chi connectivity index (χ3v) is 14.3. The SMILES string of the molecule is CC(=O)O[C@H]1C(=O)[C@]2(C)[C@@H](O)CC3OC[C@@]3(OC(C)=O)[C@H]2[C@H](OC(=O)c2ccccc2)[C@]2(O)CC(OC(=O)[C@H](OC(=O)CCC(=O)O)[C@@H](NC(=O)c3ccccc3)c3ccccc3)C(C)=C1C2(C)C. The van der Waals surface area contributed by atoms with Gasteiger partial charge in [0.2, 0.25) is 6.10 Å². The van der Waals surface area contributed by atoms with Crippen molar-refractivity contribution in [3.8, 4) is 0 Å². The maximum absolute atomic E-state index is 15.7. The van der Waals surface area contributed by atoms with Gasteiger partial charge in [-0.05, 0) is 54.8 Å². The number of nitrogens with one attached hydrogen (secondary N) is 1. The Labute approximate surface area is 397 Å². The fourth-order valence-corrected chi connectivity index (χ4v) is 10.7. The molecule has 0 spiro atoms. The van der Waals surface area contributed by atoms with Gasteiger partial charge in [-0.3, -0.25) is 28.8 Å². The molecule has 18 nitrogen and oxygen atoms in total. The van der Waals surface area contributed by atoms with Gasteiger partial charge in [-0.15, -0.1) is 0 Å². The van der Waals surface area contributed by atoms with Gasteiger partial charge in [0.1, 0.15) is 30.0 Å². The number of benzene rings is 3. The number of carboxylic acid groups (broad SMARTS) is 1. The van der Waals surface area contributed by atoms with Crippen LogP contribution in [-0.2, 0) is 57.2 Å². The third-order valence-electron chi connectivity index (χ3n) is 14.3. The number of hydrogen-bond acceptors (Lipinski definition) is 16. The van der Waals surface area contributed by atoms with Crippen molar-refractivity contribution in [2.45, 2.75) is 121 Å². The number of aliphatic hydroxyl groups excluding tert-OH is 1. The fourth-order valence-electron chi connectivity index (χ4n) is 10.7. The largest absolute Gasteiger partial charge is 0.481 e. The summed E-state index contributed by atoms with van der Waals surface area (Å²) in [7, 11) is 0. The predicted octanol–water partition coefficient (Wildman–Crippen LogP) is 4.15. The lowest BCUT2D eigenvalue weighted by Gasteiger charge is -2.67. The molecule has 1 heterocycles. The standard InChI is InChI=1S/C51H55NO17/c1-27-33(66-47(62)41(67-37(58)23-22-36(56)57)39(30-16-10-7-11-17-30)52-45(60)31-18-12-8-13-19-31)25-51(63)44(68-46(61)32-20-14-9-15-21-32)42-49(6,34(55)24-35-50(42,26-64-35)69-29(3)54)43(59)40(65-28(2)53)38(27)48(51,4)5/h7-21,33-35,39-42,44,55,63H,22-26H2,1-6H3,(H,52,60)(H,56,57)/t33?,34-,35?,39-,40+,41+,42-,44-,49+,50-,51+/m0/s1. The molecule has 11 atom stereocenters. The van der Waals surface area contributed by atoms with Crippen LogP contribution in [-0.4, -0.2) is 117 Å². The summed E-state index contributed by atoms with van der Waals surface area (Å²) in [6.07, 6.45) is -12.5. The maximum atomic E-state index is 15.7. The van der Waals surface area contributed by atoms with Crippen molar-refractivity contribution in [2.24, 2.45) is 16.7 Å². The van der Waals surface area contributed by atoms with E-state index in [1.54, 1.807) is 66.7 Å². The zero-order valence-corrected chi connectivity index (χ0v) is 38.9. The van der Waals surface area contributed by atoms with Gasteiger partial charge in [0, 0.05) is 37.7 Å². The fraction of sp³-hybridized carbons (Fsp3) is 0.451. The van der Waals surface area contributed by atoms with E-state index in [0.29, 0.717) is 0 Å². The molecule has 2 bridgehead atoms. The van der Waals surface area contributed by atoms with Crippen LogP contribution >= 0.6 is 0 Å². The van der Waals surface area contributed by atoms with Crippen LogP contribution < -0.4 is 5.32 Å². The predicted molar refractivity (Wildman–Crippen MR) is 238 cm³/mol. The molecule has 3 fully saturated rings. The highest BCUT2D eigenvalue weighted by atomic mass is 16.6. The number of rotatable bonds is 14. The normalized spacial score (nSPS) is 29.7. The summed E-state index contributed by atoms with van der Waals surface area (Å²) in [6.45, 7) is 7.68. The smallest absolute Gasteiger partial charge is 0.350 e. The molecule has 0 radical (unpaired) electrons. The minimum Gasteiger partial charge on any atom is -0.481 e. The van der Waals surface area contributed by atoms with E-state index >= 15 is 9.59 Å². The van der Waals surface area contributed by atoms with E-state index < -0.39 is 137 Å². The maximum Gasteiger partial charge on any atom is 0.350 e. The Morgan fingerprint density at radius 1 is 0.812 bits per heavy atom. The van der Waals surface area contributed by atoms with Crippen molar-refractivity contribution < 1.29 is 82.1 Å². The van der Waals surface area contributed by atoms with Crippen LogP contribution in [0.2, 0.25) is 0 Å². The van der Waals surface area contributed by atoms with Gasteiger partial charge in [0.25, 0.3) is 5.91 Å². The molecule has 3 aromatic rings. The van der Waals surface area contributed by atoms with Gasteiger partial charge in [0.15, 0.2) is 17.5 Å². The lowest BCUT2D eigenvalue weighted by Crippen LogP contribution is -2.82. The number of hydrogen-bond donors (Lipinski definition) is 4. The van der Waals surface area contributed by atoms with Crippen LogP contribution in [0.4, 0.5) is 0 Å². The van der Waals surface area contributed by atoms with Crippen molar-refractivity contribution in [1.29, 1.82) is 0 Å². The number of aliphatic hydroxyl groups is 2. The molecule has 0 aromatic heterocycles. The first-order valence-electron chi connectivity index (χ1n) is 22.5. The summed E-state index contributed by atoms with van der Waals surface area (Å²) in [5, 5.41) is 38.2. The molecular weight excluding hydrogens is 899 g/mol. The van der Waals surface area contributed by atoms with Crippen LogP contribution in [0.5, 0.6) is 0 Å². The van der Waals surface area contributed by atoms with Gasteiger partial charge in [-0.2, -0.15) is 0 Å². The van der Waals surface area contributed by atoms with Crippen molar-refractivity contribution in [3.63, 3.8) is 0 Å². The average Bonchev–Trinajstić information content (AvgIpc) is 3.30. The van der Waals surface area contributed by atoms with E-state index in [4.69, 9.17) is 28.4 Å². The number of fused-ring (bicyclic) bond motifs is 5. The third kappa shape index (κ3) is 9.15. The molecule has 3 aliphatic carbocycles. The first-order valence-corrected chi connectivity index (χ1v) is 22.5. The molecule has 1 aliphatic heterocycles. The summed E-state index contributed by atoms with van der Waals surface area (Å²) in [4.78, 5) is 110. The molecule has 1 amide bonds. The van der Waals surface area contributed by atoms with E-state index in [0.717, 1.165) is 13.8 Å². The topological polar surface area (TPSA) is 265 Å². The van der Waals surface area contributed by atoms with E-state index in [-0.39, 0.29) is 40.9 Å². The molecule has 3 aromatic carbocycles. The quantitative estimate of drug-likeness (QED) is 0.100. The van der Waals surface area contributed by atoms with Crippen molar-refractivity contribution in [3.05, 3.63) is 119 Å². The highest BCUT2D eigenvalue weighted by Gasteiger charge is 2.78. The minimum atomic E-state index is -2.50. The number of ether oxygens (including phenoxy) is 6. The molecule has 4 aliphatic rings. The Balaban J connectivity index is 1.42. The van der Waals surface area contributed by atoms with E-state index in [1.165, 1.54) is 52.0 Å². The number of aliphatic carboxylic acids is 1. The lowest BCUT2D eigenvalue weighted by atomic mass is 9.44. The second kappa shape index (κ2) is 19.3. The van der Waals surface area contributed by atoms with Crippen molar-refractivity contribution >= 4 is 47.5 Å². The second-order valence-electron chi connectivity index (χ2n) is 18.7.